The number of rotatable bonds is 3. The fraction of sp³-hybridized carbons (Fsp3) is 0.137. The molecule has 1 fully saturated rings. The lowest BCUT2D eigenvalue weighted by Gasteiger charge is -2.36. The van der Waals surface area contributed by atoms with Crippen LogP contribution in [0.4, 0.5) is 0 Å². The zero-order chi connectivity index (χ0) is 36.8. The normalized spacial score (nSPS) is 17.2. The van der Waals surface area contributed by atoms with Crippen molar-refractivity contribution in [1.82, 2.24) is 9.88 Å². The monoisotopic (exact) mass is 722 g/mol. The Morgan fingerprint density at radius 3 is 2.12 bits per heavy atom. The predicted octanol–water partition coefficient (Wildman–Crippen LogP) is 12.5. The molecule has 5 heteroatoms. The van der Waals surface area contributed by atoms with E-state index in [2.05, 4.69) is 155 Å². The summed E-state index contributed by atoms with van der Waals surface area (Å²) in [5.74, 6) is 1.55. The number of aromatic nitrogens is 1. The number of fused-ring (bicyclic) bond motifs is 11. The Morgan fingerprint density at radius 1 is 0.536 bits per heavy atom. The van der Waals surface area contributed by atoms with Crippen molar-refractivity contribution in [3.63, 3.8) is 0 Å². The van der Waals surface area contributed by atoms with Gasteiger partial charge in [0.25, 0.3) is 0 Å². The molecule has 0 radical (unpaired) electrons. The molecule has 1 N–H and O–H groups in total. The van der Waals surface area contributed by atoms with Gasteiger partial charge in [-0.2, -0.15) is 0 Å². The number of nitrogens with zero attached hydrogens (tertiary/aromatic N) is 3. The Hall–Kier alpha value is -6.72. The van der Waals surface area contributed by atoms with Crippen molar-refractivity contribution in [2.45, 2.75) is 43.7 Å². The molecule has 3 aliphatic rings. The quantitative estimate of drug-likeness (QED) is 0.197. The van der Waals surface area contributed by atoms with Gasteiger partial charge in [-0.15, -0.1) is 0 Å². The molecule has 1 spiro atoms. The average molecular weight is 723 g/mol. The van der Waals surface area contributed by atoms with Gasteiger partial charge in [0, 0.05) is 43.7 Å². The third-order valence-electron chi connectivity index (χ3n) is 12.7. The van der Waals surface area contributed by atoms with Crippen LogP contribution in [-0.4, -0.2) is 16.4 Å². The first-order valence-corrected chi connectivity index (χ1v) is 19.9. The molecule has 1 saturated carbocycles. The number of nitrogens with one attached hydrogen (secondary N) is 1. The highest BCUT2D eigenvalue weighted by molar-refractivity contribution is 6.19. The predicted molar refractivity (Wildman–Crippen MR) is 230 cm³/mol. The van der Waals surface area contributed by atoms with Gasteiger partial charge in [0.15, 0.2) is 6.17 Å². The van der Waals surface area contributed by atoms with E-state index in [0.717, 1.165) is 61.5 Å². The van der Waals surface area contributed by atoms with Gasteiger partial charge in [0.2, 0.25) is 5.96 Å². The fourth-order valence-corrected chi connectivity index (χ4v) is 10.1. The summed E-state index contributed by atoms with van der Waals surface area (Å²) in [6.45, 7) is 0. The molecule has 1 unspecified atom stereocenters. The Kier molecular flexibility index (Phi) is 6.85. The molecule has 56 heavy (non-hydrogen) atoms. The van der Waals surface area contributed by atoms with Gasteiger partial charge in [-0.1, -0.05) is 153 Å². The minimum atomic E-state index is -0.493. The van der Waals surface area contributed by atoms with E-state index in [0.29, 0.717) is 0 Å². The topological polar surface area (TPSA) is 54.8 Å². The van der Waals surface area contributed by atoms with Crippen LogP contribution in [-0.2, 0) is 5.41 Å². The van der Waals surface area contributed by atoms with E-state index in [4.69, 9.17) is 14.4 Å². The van der Waals surface area contributed by atoms with E-state index in [9.17, 15) is 0 Å². The molecular weight excluding hydrogens is 685 g/mol. The summed E-state index contributed by atoms with van der Waals surface area (Å²) in [6, 6.07) is 56.6. The Labute approximate surface area is 324 Å². The van der Waals surface area contributed by atoms with Crippen LogP contribution in [0.3, 0.4) is 0 Å². The largest absolute Gasteiger partial charge is 0.455 e. The summed E-state index contributed by atoms with van der Waals surface area (Å²) in [5.41, 5.74) is 14.0. The Bertz CT molecular complexity index is 3090. The van der Waals surface area contributed by atoms with Gasteiger partial charge < -0.3 is 9.73 Å². The van der Waals surface area contributed by atoms with E-state index < -0.39 is 6.17 Å². The second kappa shape index (κ2) is 12.1. The van der Waals surface area contributed by atoms with Crippen molar-refractivity contribution in [3.05, 3.63) is 180 Å². The van der Waals surface area contributed by atoms with Crippen molar-refractivity contribution in [1.29, 1.82) is 0 Å². The van der Waals surface area contributed by atoms with Crippen LogP contribution in [0.2, 0.25) is 0 Å². The second-order valence-electron chi connectivity index (χ2n) is 15.7. The van der Waals surface area contributed by atoms with Crippen LogP contribution in [0.15, 0.2) is 172 Å². The number of aliphatic imine (C=N–C) groups is 2. The average Bonchev–Trinajstić information content (AvgIpc) is 3.89. The van der Waals surface area contributed by atoms with E-state index in [1.54, 1.807) is 0 Å². The van der Waals surface area contributed by atoms with Gasteiger partial charge in [-0.25, -0.2) is 9.98 Å². The van der Waals surface area contributed by atoms with Gasteiger partial charge in [-0.3, -0.25) is 4.57 Å². The highest BCUT2D eigenvalue weighted by Crippen LogP contribution is 2.57. The summed E-state index contributed by atoms with van der Waals surface area (Å²) >= 11 is 0. The summed E-state index contributed by atoms with van der Waals surface area (Å²) in [4.78, 5) is 10.8. The third kappa shape index (κ3) is 4.61. The summed E-state index contributed by atoms with van der Waals surface area (Å²) in [7, 11) is 0. The maximum Gasteiger partial charge on any atom is 0.211 e. The van der Waals surface area contributed by atoms with Crippen molar-refractivity contribution in [2.24, 2.45) is 9.98 Å². The van der Waals surface area contributed by atoms with Crippen LogP contribution < -0.4 is 5.32 Å². The number of benzene rings is 7. The molecule has 0 bridgehead atoms. The van der Waals surface area contributed by atoms with Gasteiger partial charge in [-0.05, 0) is 64.9 Å². The standard InChI is InChI=1S/C51H38N4O/c1-4-15-32(16-5-1)35-21-14-22-39-38-26-25-34(29-46(38)56-47(35)39)49-52-48(33-17-6-2-7-18-33)53-50(54-49)55-44-24-11-9-20-37(44)41-30-40-36-19-8-10-23-42(36)51(27-12-3-13-28-51)43(40)31-45(41)55/h1-2,4-11,14-26,29-31,49H,3,12-13,27-28H2,(H,52,53,54). The summed E-state index contributed by atoms with van der Waals surface area (Å²) in [6.07, 6.45) is 5.69. The van der Waals surface area contributed by atoms with Gasteiger partial charge in [0.1, 0.15) is 17.0 Å². The van der Waals surface area contributed by atoms with E-state index >= 15 is 0 Å². The zero-order valence-corrected chi connectivity index (χ0v) is 30.9. The lowest BCUT2D eigenvalue weighted by atomic mass is 9.68. The number of para-hydroxylation sites is 2. The van der Waals surface area contributed by atoms with Crippen LogP contribution in [0, 0.1) is 0 Å². The SMILES string of the molecule is c1ccc(C2=NC(c3ccc4c(c3)oc3c(-c5ccccc5)cccc34)N=C(n3c4ccccc4c4cc5c(cc43)C3(CCCCC3)c3ccccc3-5)N2)cc1. The molecule has 2 aromatic heterocycles. The van der Waals surface area contributed by atoms with Crippen LogP contribution in [0.5, 0.6) is 0 Å². The number of hydrogen-bond donors (Lipinski definition) is 1. The molecule has 9 aromatic rings. The molecule has 1 atom stereocenters. The number of furan rings is 1. The van der Waals surface area contributed by atoms with Crippen LogP contribution in [0.25, 0.3) is 66.0 Å². The smallest absolute Gasteiger partial charge is 0.211 e. The maximum atomic E-state index is 6.70. The minimum absolute atomic E-state index is 0.0447. The van der Waals surface area contributed by atoms with Crippen molar-refractivity contribution >= 4 is 55.5 Å². The highest BCUT2D eigenvalue weighted by atomic mass is 16.3. The molecule has 0 amide bonds. The van der Waals surface area contributed by atoms with Crippen molar-refractivity contribution in [3.8, 4) is 22.3 Å². The molecule has 0 saturated heterocycles. The Balaban J connectivity index is 1.06. The molecule has 5 nitrogen and oxygen atoms in total. The summed E-state index contributed by atoms with van der Waals surface area (Å²) in [5, 5.41) is 8.38. The molecule has 7 aromatic carbocycles. The van der Waals surface area contributed by atoms with Crippen LogP contribution >= 0.6 is 0 Å². The minimum Gasteiger partial charge on any atom is -0.455 e. The first-order valence-electron chi connectivity index (χ1n) is 19.9. The lowest BCUT2D eigenvalue weighted by Crippen LogP contribution is -2.39. The number of hydrogen-bond acceptors (Lipinski definition) is 4. The van der Waals surface area contributed by atoms with E-state index in [-0.39, 0.29) is 5.41 Å². The molecule has 1 aliphatic heterocycles. The molecule has 3 heterocycles. The number of amidine groups is 1. The summed E-state index contributed by atoms with van der Waals surface area (Å²) < 4.78 is 9.05. The van der Waals surface area contributed by atoms with Gasteiger partial charge >= 0.3 is 0 Å². The zero-order valence-electron chi connectivity index (χ0n) is 30.9. The van der Waals surface area contributed by atoms with Crippen LogP contribution in [0.1, 0.15) is 60.5 Å². The maximum absolute atomic E-state index is 6.70. The van der Waals surface area contributed by atoms with Crippen molar-refractivity contribution in [2.75, 3.05) is 0 Å². The first kappa shape index (κ1) is 31.6. The third-order valence-corrected chi connectivity index (χ3v) is 12.7. The van der Waals surface area contributed by atoms with Gasteiger partial charge in [0.05, 0.1) is 11.0 Å². The molecule has 268 valence electrons. The highest BCUT2D eigenvalue weighted by Gasteiger charge is 2.44. The van der Waals surface area contributed by atoms with Crippen molar-refractivity contribution < 1.29 is 4.42 Å². The molecular formula is C51H38N4O. The van der Waals surface area contributed by atoms with E-state index in [1.165, 1.54) is 70.6 Å². The Morgan fingerprint density at radius 2 is 1.27 bits per heavy atom. The molecule has 2 aliphatic carbocycles. The van der Waals surface area contributed by atoms with E-state index in [1.807, 2.05) is 12.1 Å². The first-order chi connectivity index (χ1) is 27.7. The second-order valence-corrected chi connectivity index (χ2v) is 15.7. The fourth-order valence-electron chi connectivity index (χ4n) is 10.1. The lowest BCUT2D eigenvalue weighted by molar-refractivity contribution is 0.353. The molecule has 12 rings (SSSR count).